The van der Waals surface area contributed by atoms with E-state index in [1.165, 1.54) is 0 Å². The Balaban J connectivity index is 1.41. The number of rotatable bonds is 2. The summed E-state index contributed by atoms with van der Waals surface area (Å²) in [6, 6.07) is 2.02. The van der Waals surface area contributed by atoms with Gasteiger partial charge in [-0.15, -0.1) is 0 Å². The average Bonchev–Trinajstić information content (AvgIpc) is 3.07. The molecule has 0 aliphatic carbocycles. The van der Waals surface area contributed by atoms with Gasteiger partial charge in [-0.2, -0.15) is 0 Å². The summed E-state index contributed by atoms with van der Waals surface area (Å²) in [5.41, 5.74) is 0.662. The highest BCUT2D eigenvalue weighted by atomic mass is 16.5. The number of amides is 2. The molecular weight excluding hydrogens is 346 g/mol. The number of ether oxygens (including phenoxy) is 1. The number of piperidine rings is 1. The lowest BCUT2D eigenvalue weighted by atomic mass is 9.88. The van der Waals surface area contributed by atoms with Crippen LogP contribution in [0.1, 0.15) is 30.8 Å². The van der Waals surface area contributed by atoms with Crippen LogP contribution < -0.4 is 10.2 Å². The molecule has 3 aliphatic rings. The average molecular weight is 373 g/mol. The van der Waals surface area contributed by atoms with Gasteiger partial charge in [0.25, 0.3) is 0 Å². The molecule has 0 bridgehead atoms. The third kappa shape index (κ3) is 3.63. The van der Waals surface area contributed by atoms with Crippen LogP contribution in [0.4, 0.5) is 5.82 Å². The Kier molecular flexibility index (Phi) is 4.75. The number of anilines is 1. The standard InChI is InChI=1S/C19H27N5O3/c1-13-11-16(22-14(2)21-13)23-7-4-19(5-8-23)12-24(9-10-27-19)18(26)15-3-6-20-17(15)25/h11,15H,3-10,12H2,1-2H3,(H,20,25). The van der Waals surface area contributed by atoms with E-state index in [2.05, 4.69) is 20.2 Å². The number of nitrogens with one attached hydrogen (secondary N) is 1. The first-order valence-electron chi connectivity index (χ1n) is 9.73. The Hall–Kier alpha value is -2.22. The van der Waals surface area contributed by atoms with E-state index in [0.717, 1.165) is 43.3 Å². The zero-order chi connectivity index (χ0) is 19.0. The second-order valence-corrected chi connectivity index (χ2v) is 7.83. The van der Waals surface area contributed by atoms with Crippen molar-refractivity contribution in [3.63, 3.8) is 0 Å². The van der Waals surface area contributed by atoms with Crippen molar-refractivity contribution in [3.05, 3.63) is 17.6 Å². The maximum atomic E-state index is 12.8. The van der Waals surface area contributed by atoms with Crippen LogP contribution in [0.2, 0.25) is 0 Å². The van der Waals surface area contributed by atoms with Crippen molar-refractivity contribution in [2.45, 2.75) is 38.7 Å². The normalized spacial score (nSPS) is 25.0. The van der Waals surface area contributed by atoms with Gasteiger partial charge in [-0.05, 0) is 33.1 Å². The summed E-state index contributed by atoms with van der Waals surface area (Å²) in [5, 5.41) is 2.76. The van der Waals surface area contributed by atoms with Crippen molar-refractivity contribution in [1.29, 1.82) is 0 Å². The molecule has 1 spiro atoms. The summed E-state index contributed by atoms with van der Waals surface area (Å²) >= 11 is 0. The van der Waals surface area contributed by atoms with E-state index in [4.69, 9.17) is 4.74 Å². The zero-order valence-electron chi connectivity index (χ0n) is 16.0. The van der Waals surface area contributed by atoms with Gasteiger partial charge in [-0.1, -0.05) is 0 Å². The van der Waals surface area contributed by atoms with Gasteiger partial charge in [0, 0.05) is 44.5 Å². The van der Waals surface area contributed by atoms with E-state index >= 15 is 0 Å². The molecular formula is C19H27N5O3. The molecule has 0 radical (unpaired) electrons. The van der Waals surface area contributed by atoms with Gasteiger partial charge in [0.15, 0.2) is 0 Å². The van der Waals surface area contributed by atoms with Gasteiger partial charge >= 0.3 is 0 Å². The highest BCUT2D eigenvalue weighted by Crippen LogP contribution is 2.32. The zero-order valence-corrected chi connectivity index (χ0v) is 16.0. The van der Waals surface area contributed by atoms with Crippen LogP contribution in [-0.2, 0) is 14.3 Å². The van der Waals surface area contributed by atoms with Gasteiger partial charge in [0.05, 0.1) is 12.2 Å². The number of aryl methyl sites for hydroxylation is 2. The Morgan fingerprint density at radius 2 is 2.04 bits per heavy atom. The molecule has 4 heterocycles. The van der Waals surface area contributed by atoms with Gasteiger partial charge < -0.3 is 19.9 Å². The summed E-state index contributed by atoms with van der Waals surface area (Å²) in [4.78, 5) is 37.7. The molecule has 8 heteroatoms. The number of aromatic nitrogens is 2. The minimum atomic E-state index is -0.521. The number of carbonyl (C=O) groups is 2. The molecule has 0 aromatic carbocycles. The molecule has 3 aliphatic heterocycles. The number of morpholine rings is 1. The molecule has 3 saturated heterocycles. The Labute approximate surface area is 159 Å². The van der Waals surface area contributed by atoms with Crippen LogP contribution >= 0.6 is 0 Å². The van der Waals surface area contributed by atoms with E-state index in [9.17, 15) is 9.59 Å². The predicted molar refractivity (Wildman–Crippen MR) is 99.3 cm³/mol. The topological polar surface area (TPSA) is 87.7 Å². The first kappa shape index (κ1) is 18.2. The first-order valence-corrected chi connectivity index (χ1v) is 9.73. The molecule has 1 aromatic heterocycles. The summed E-state index contributed by atoms with van der Waals surface area (Å²) < 4.78 is 6.15. The largest absolute Gasteiger partial charge is 0.371 e. The van der Waals surface area contributed by atoms with Gasteiger partial charge in [-0.3, -0.25) is 9.59 Å². The lowest BCUT2D eigenvalue weighted by Gasteiger charge is -2.47. The van der Waals surface area contributed by atoms with Crippen molar-refractivity contribution >= 4 is 17.6 Å². The second kappa shape index (κ2) is 7.07. The number of hydrogen-bond acceptors (Lipinski definition) is 6. The van der Waals surface area contributed by atoms with E-state index in [1.54, 1.807) is 0 Å². The monoisotopic (exact) mass is 373 g/mol. The summed E-state index contributed by atoms with van der Waals surface area (Å²) in [6.07, 6.45) is 2.29. The van der Waals surface area contributed by atoms with Crippen molar-refractivity contribution < 1.29 is 14.3 Å². The molecule has 1 aromatic rings. The Bertz CT molecular complexity index is 725. The van der Waals surface area contributed by atoms with E-state index in [-0.39, 0.29) is 17.4 Å². The third-order valence-electron chi connectivity index (χ3n) is 5.86. The maximum Gasteiger partial charge on any atom is 0.235 e. The van der Waals surface area contributed by atoms with Crippen LogP contribution in [0.15, 0.2) is 6.07 Å². The molecule has 4 rings (SSSR count). The summed E-state index contributed by atoms with van der Waals surface area (Å²) in [6.45, 7) is 7.84. The van der Waals surface area contributed by atoms with Gasteiger partial charge in [0.1, 0.15) is 17.6 Å². The van der Waals surface area contributed by atoms with Crippen molar-refractivity contribution in [1.82, 2.24) is 20.2 Å². The lowest BCUT2D eigenvalue weighted by molar-refractivity contribution is -0.159. The predicted octanol–water partition coefficient (Wildman–Crippen LogP) is 0.427. The van der Waals surface area contributed by atoms with Crippen LogP contribution in [0, 0.1) is 19.8 Å². The molecule has 1 unspecified atom stereocenters. The Morgan fingerprint density at radius 3 is 2.70 bits per heavy atom. The molecule has 27 heavy (non-hydrogen) atoms. The van der Waals surface area contributed by atoms with Crippen LogP contribution in [0.25, 0.3) is 0 Å². The highest BCUT2D eigenvalue weighted by Gasteiger charge is 2.43. The summed E-state index contributed by atoms with van der Waals surface area (Å²) in [5.74, 6) is 1.04. The van der Waals surface area contributed by atoms with Crippen molar-refractivity contribution in [3.8, 4) is 0 Å². The lowest BCUT2D eigenvalue weighted by Crippen LogP contribution is -2.59. The SMILES string of the molecule is Cc1cc(N2CCC3(CC2)CN(C(=O)C2CCNC2=O)CCO3)nc(C)n1. The number of carbonyl (C=O) groups excluding carboxylic acids is 2. The van der Waals surface area contributed by atoms with Gasteiger partial charge in [0.2, 0.25) is 11.8 Å². The van der Waals surface area contributed by atoms with Crippen molar-refractivity contribution in [2.75, 3.05) is 44.2 Å². The van der Waals surface area contributed by atoms with E-state index in [0.29, 0.717) is 32.7 Å². The van der Waals surface area contributed by atoms with E-state index < -0.39 is 5.92 Å². The highest BCUT2D eigenvalue weighted by molar-refractivity contribution is 6.01. The molecule has 8 nitrogen and oxygen atoms in total. The Morgan fingerprint density at radius 1 is 1.26 bits per heavy atom. The van der Waals surface area contributed by atoms with Crippen LogP contribution in [-0.4, -0.2) is 71.6 Å². The van der Waals surface area contributed by atoms with Gasteiger partial charge in [-0.25, -0.2) is 9.97 Å². The summed E-state index contributed by atoms with van der Waals surface area (Å²) in [7, 11) is 0. The fraction of sp³-hybridized carbons (Fsp3) is 0.684. The van der Waals surface area contributed by atoms with Crippen molar-refractivity contribution in [2.24, 2.45) is 5.92 Å². The third-order valence-corrected chi connectivity index (χ3v) is 5.86. The molecule has 1 atom stereocenters. The second-order valence-electron chi connectivity index (χ2n) is 7.83. The maximum absolute atomic E-state index is 12.8. The molecule has 0 saturated carbocycles. The number of hydrogen-bond donors (Lipinski definition) is 1. The quantitative estimate of drug-likeness (QED) is 0.757. The minimum absolute atomic E-state index is 0.0443. The van der Waals surface area contributed by atoms with E-state index in [1.807, 2.05) is 24.8 Å². The van der Waals surface area contributed by atoms with Crippen LogP contribution in [0.3, 0.4) is 0 Å². The fourth-order valence-corrected chi connectivity index (χ4v) is 4.39. The smallest absolute Gasteiger partial charge is 0.235 e. The molecule has 1 N–H and O–H groups in total. The first-order chi connectivity index (χ1) is 13.0. The molecule has 2 amide bonds. The molecule has 146 valence electrons. The minimum Gasteiger partial charge on any atom is -0.371 e. The molecule has 3 fully saturated rings. The fourth-order valence-electron chi connectivity index (χ4n) is 4.39. The van der Waals surface area contributed by atoms with Crippen LogP contribution in [0.5, 0.6) is 0 Å². The number of nitrogens with zero attached hydrogens (tertiary/aromatic N) is 4.